The first-order valence-electron chi connectivity index (χ1n) is 6.25. The lowest BCUT2D eigenvalue weighted by molar-refractivity contribution is 0.386. The summed E-state index contributed by atoms with van der Waals surface area (Å²) in [5.41, 5.74) is 1.03. The van der Waals surface area contributed by atoms with Crippen molar-refractivity contribution in [1.29, 1.82) is 0 Å². The van der Waals surface area contributed by atoms with Crippen LogP contribution in [-0.2, 0) is 6.54 Å². The zero-order valence-electron chi connectivity index (χ0n) is 11.8. The molecular weight excluding hydrogens is 256 g/mol. The van der Waals surface area contributed by atoms with Crippen LogP contribution in [0.25, 0.3) is 0 Å². The minimum Gasteiger partial charge on any atom is -0.496 e. The second kappa shape index (κ2) is 6.77. The maximum atomic E-state index is 5.88. The van der Waals surface area contributed by atoms with E-state index in [1.807, 2.05) is 13.1 Å². The van der Waals surface area contributed by atoms with Crippen LogP contribution >= 0.6 is 0 Å². The molecule has 5 nitrogen and oxygen atoms in total. The Morgan fingerprint density at radius 2 is 1.70 bits per heavy atom. The second-order valence-corrected chi connectivity index (χ2v) is 4.16. The SMILES string of the molecule is CNCc1ccncc1Oc1cc(OC)cc(OC)c1. The standard InChI is InChI=1S/C15H18N2O3/c1-16-9-11-4-5-17-10-15(11)20-14-7-12(18-2)6-13(8-14)19-3/h4-8,10,16H,9H2,1-3H3. The average Bonchev–Trinajstić information content (AvgIpc) is 2.49. The van der Waals surface area contributed by atoms with Gasteiger partial charge >= 0.3 is 0 Å². The lowest BCUT2D eigenvalue weighted by Gasteiger charge is -2.12. The Balaban J connectivity index is 2.29. The number of aromatic nitrogens is 1. The van der Waals surface area contributed by atoms with Crippen LogP contribution in [0.1, 0.15) is 5.56 Å². The highest BCUT2D eigenvalue weighted by molar-refractivity contribution is 5.44. The highest BCUT2D eigenvalue weighted by atomic mass is 16.5. The number of rotatable bonds is 6. The molecule has 1 aromatic carbocycles. The van der Waals surface area contributed by atoms with E-state index in [2.05, 4.69) is 10.3 Å². The molecule has 0 saturated carbocycles. The van der Waals surface area contributed by atoms with Crippen LogP contribution in [0.15, 0.2) is 36.7 Å². The Morgan fingerprint density at radius 3 is 2.30 bits per heavy atom. The minimum absolute atomic E-state index is 0.645. The number of hydrogen-bond donors (Lipinski definition) is 1. The highest BCUT2D eigenvalue weighted by Crippen LogP contribution is 2.31. The zero-order chi connectivity index (χ0) is 14.4. The number of nitrogens with one attached hydrogen (secondary N) is 1. The molecule has 0 aliphatic heterocycles. The predicted octanol–water partition coefficient (Wildman–Crippen LogP) is 2.61. The molecule has 1 N–H and O–H groups in total. The van der Waals surface area contributed by atoms with Crippen molar-refractivity contribution in [3.8, 4) is 23.0 Å². The van der Waals surface area contributed by atoms with Gasteiger partial charge in [0.2, 0.25) is 0 Å². The molecule has 2 rings (SSSR count). The molecule has 0 spiro atoms. The third-order valence-electron chi connectivity index (χ3n) is 2.79. The van der Waals surface area contributed by atoms with Crippen molar-refractivity contribution < 1.29 is 14.2 Å². The van der Waals surface area contributed by atoms with Gasteiger partial charge in [-0.2, -0.15) is 0 Å². The molecule has 0 amide bonds. The van der Waals surface area contributed by atoms with E-state index in [1.54, 1.807) is 44.8 Å². The van der Waals surface area contributed by atoms with E-state index in [0.717, 1.165) is 5.56 Å². The molecular formula is C15H18N2O3. The van der Waals surface area contributed by atoms with E-state index in [-0.39, 0.29) is 0 Å². The largest absolute Gasteiger partial charge is 0.496 e. The molecule has 20 heavy (non-hydrogen) atoms. The van der Waals surface area contributed by atoms with E-state index >= 15 is 0 Å². The first kappa shape index (κ1) is 14.1. The summed E-state index contributed by atoms with van der Waals surface area (Å²) >= 11 is 0. The average molecular weight is 274 g/mol. The van der Waals surface area contributed by atoms with Gasteiger partial charge in [0.15, 0.2) is 0 Å². The quantitative estimate of drug-likeness (QED) is 0.877. The fourth-order valence-corrected chi connectivity index (χ4v) is 1.80. The van der Waals surface area contributed by atoms with E-state index in [0.29, 0.717) is 29.5 Å². The number of hydrogen-bond acceptors (Lipinski definition) is 5. The van der Waals surface area contributed by atoms with Crippen molar-refractivity contribution in [2.24, 2.45) is 0 Å². The topological polar surface area (TPSA) is 52.6 Å². The second-order valence-electron chi connectivity index (χ2n) is 4.16. The molecule has 0 radical (unpaired) electrons. The first-order valence-corrected chi connectivity index (χ1v) is 6.25. The Hall–Kier alpha value is -2.27. The summed E-state index contributed by atoms with van der Waals surface area (Å²) in [6.07, 6.45) is 3.43. The molecule has 0 bridgehead atoms. The molecule has 0 aliphatic rings. The van der Waals surface area contributed by atoms with Crippen LogP contribution < -0.4 is 19.5 Å². The number of methoxy groups -OCH3 is 2. The van der Waals surface area contributed by atoms with E-state index in [1.165, 1.54) is 0 Å². The number of pyridine rings is 1. The van der Waals surface area contributed by atoms with Crippen LogP contribution in [0.5, 0.6) is 23.0 Å². The van der Waals surface area contributed by atoms with Gasteiger partial charge in [-0.25, -0.2) is 0 Å². The number of nitrogens with zero attached hydrogens (tertiary/aromatic N) is 1. The summed E-state index contributed by atoms with van der Waals surface area (Å²) in [5, 5.41) is 3.10. The lowest BCUT2D eigenvalue weighted by Crippen LogP contribution is -2.06. The van der Waals surface area contributed by atoms with Crippen molar-refractivity contribution in [3.63, 3.8) is 0 Å². The van der Waals surface area contributed by atoms with E-state index < -0.39 is 0 Å². The lowest BCUT2D eigenvalue weighted by atomic mass is 10.2. The third kappa shape index (κ3) is 3.39. The smallest absolute Gasteiger partial charge is 0.150 e. The van der Waals surface area contributed by atoms with Crippen LogP contribution in [0, 0.1) is 0 Å². The maximum Gasteiger partial charge on any atom is 0.150 e. The highest BCUT2D eigenvalue weighted by Gasteiger charge is 2.07. The van der Waals surface area contributed by atoms with Gasteiger partial charge in [0, 0.05) is 36.5 Å². The summed E-state index contributed by atoms with van der Waals surface area (Å²) in [5.74, 6) is 2.71. The van der Waals surface area contributed by atoms with Gasteiger partial charge in [0.05, 0.1) is 20.4 Å². The molecule has 0 saturated heterocycles. The summed E-state index contributed by atoms with van der Waals surface area (Å²) in [6, 6.07) is 7.32. The van der Waals surface area contributed by atoms with Gasteiger partial charge in [0.1, 0.15) is 23.0 Å². The molecule has 106 valence electrons. The molecule has 5 heteroatoms. The molecule has 2 aromatic rings. The van der Waals surface area contributed by atoms with Gasteiger partial charge in [-0.3, -0.25) is 4.98 Å². The summed E-state index contributed by atoms with van der Waals surface area (Å²) in [4.78, 5) is 4.09. The Labute approximate surface area is 118 Å². The van der Waals surface area contributed by atoms with Gasteiger partial charge in [0.25, 0.3) is 0 Å². The first-order chi connectivity index (χ1) is 9.76. The van der Waals surface area contributed by atoms with Gasteiger partial charge in [-0.1, -0.05) is 0 Å². The van der Waals surface area contributed by atoms with Crippen LogP contribution in [0.4, 0.5) is 0 Å². The van der Waals surface area contributed by atoms with Crippen molar-refractivity contribution in [2.45, 2.75) is 6.54 Å². The fraction of sp³-hybridized carbons (Fsp3) is 0.267. The Bertz CT molecular complexity index is 551. The number of ether oxygens (including phenoxy) is 3. The fourth-order valence-electron chi connectivity index (χ4n) is 1.80. The predicted molar refractivity (Wildman–Crippen MR) is 76.6 cm³/mol. The molecule has 0 fully saturated rings. The Kier molecular flexibility index (Phi) is 4.79. The minimum atomic E-state index is 0.645. The summed E-state index contributed by atoms with van der Waals surface area (Å²) < 4.78 is 16.3. The van der Waals surface area contributed by atoms with E-state index in [4.69, 9.17) is 14.2 Å². The Morgan fingerprint density at radius 1 is 1.05 bits per heavy atom. The molecule has 0 unspecified atom stereocenters. The molecule has 0 aliphatic carbocycles. The summed E-state index contributed by atoms with van der Waals surface area (Å²) in [7, 11) is 5.10. The van der Waals surface area contributed by atoms with E-state index in [9.17, 15) is 0 Å². The van der Waals surface area contributed by atoms with Crippen molar-refractivity contribution in [3.05, 3.63) is 42.2 Å². The maximum absolute atomic E-state index is 5.88. The normalized spacial score (nSPS) is 10.2. The number of benzene rings is 1. The third-order valence-corrected chi connectivity index (χ3v) is 2.79. The van der Waals surface area contributed by atoms with Crippen molar-refractivity contribution >= 4 is 0 Å². The van der Waals surface area contributed by atoms with Crippen molar-refractivity contribution in [1.82, 2.24) is 10.3 Å². The molecule has 1 heterocycles. The van der Waals surface area contributed by atoms with Crippen molar-refractivity contribution in [2.75, 3.05) is 21.3 Å². The molecule has 0 atom stereocenters. The van der Waals surface area contributed by atoms with Crippen LogP contribution in [0.2, 0.25) is 0 Å². The van der Waals surface area contributed by atoms with Gasteiger partial charge in [-0.05, 0) is 13.1 Å². The van der Waals surface area contributed by atoms with Gasteiger partial charge < -0.3 is 19.5 Å². The van der Waals surface area contributed by atoms with Crippen LogP contribution in [-0.4, -0.2) is 26.3 Å². The molecule has 1 aromatic heterocycles. The summed E-state index contributed by atoms with van der Waals surface area (Å²) in [6.45, 7) is 0.707. The van der Waals surface area contributed by atoms with Gasteiger partial charge in [-0.15, -0.1) is 0 Å². The monoisotopic (exact) mass is 274 g/mol. The van der Waals surface area contributed by atoms with Crippen LogP contribution in [0.3, 0.4) is 0 Å². The zero-order valence-corrected chi connectivity index (χ0v) is 11.8.